The monoisotopic (exact) mass is 454 g/mol. The standard InChI is InChI=1S/C19H13F3N10O/c20-19(21,22)15-9-8-31(30-15)5-1-3-11(33)26-17-14(32-6-2-4-23-18(32)27-17)10-7-24-16-13(25-10)12(9)28-29-16/h2,4,6-8H,1,3,5H2,(H,26,33)(H,24,28,29). The first-order valence-corrected chi connectivity index (χ1v) is 9.88. The van der Waals surface area contributed by atoms with Crippen LogP contribution in [0.4, 0.5) is 19.0 Å². The lowest BCUT2D eigenvalue weighted by atomic mass is 10.1. The highest BCUT2D eigenvalue weighted by Gasteiger charge is 2.38. The van der Waals surface area contributed by atoms with Crippen molar-refractivity contribution >= 4 is 28.7 Å². The Balaban J connectivity index is 1.65. The molecule has 6 rings (SSSR count). The second kappa shape index (κ2) is 6.82. The summed E-state index contributed by atoms with van der Waals surface area (Å²) in [4.78, 5) is 30.0. The van der Waals surface area contributed by atoms with Gasteiger partial charge in [-0.15, -0.1) is 0 Å². The lowest BCUT2D eigenvalue weighted by Crippen LogP contribution is -2.14. The minimum Gasteiger partial charge on any atom is -0.309 e. The molecule has 0 saturated heterocycles. The predicted molar refractivity (Wildman–Crippen MR) is 108 cm³/mol. The van der Waals surface area contributed by atoms with Crippen LogP contribution in [-0.2, 0) is 17.5 Å². The number of rotatable bonds is 0. The van der Waals surface area contributed by atoms with Crippen LogP contribution in [0.1, 0.15) is 18.5 Å². The molecule has 5 aromatic rings. The molecule has 0 aromatic carbocycles. The fraction of sp³-hybridized carbons (Fsp3) is 0.211. The first kappa shape index (κ1) is 19.3. The van der Waals surface area contributed by atoms with Crippen LogP contribution in [0.5, 0.6) is 0 Å². The Morgan fingerprint density at radius 2 is 2.03 bits per heavy atom. The van der Waals surface area contributed by atoms with Crippen molar-refractivity contribution in [3.05, 3.63) is 36.5 Å². The molecular weight excluding hydrogens is 441 g/mol. The molecule has 0 saturated carbocycles. The molecule has 14 heteroatoms. The third-order valence-corrected chi connectivity index (χ3v) is 5.26. The third kappa shape index (κ3) is 3.09. The van der Waals surface area contributed by atoms with Gasteiger partial charge in [-0.25, -0.2) is 15.0 Å². The van der Waals surface area contributed by atoms with Gasteiger partial charge in [0, 0.05) is 31.6 Å². The molecule has 0 unspecified atom stereocenters. The summed E-state index contributed by atoms with van der Waals surface area (Å²) in [6.45, 7) is 0.110. The second-order valence-electron chi connectivity index (χ2n) is 7.43. The molecule has 11 nitrogen and oxygen atoms in total. The molecule has 5 aromatic heterocycles. The number of halogens is 3. The number of fused-ring (bicyclic) bond motifs is 8. The van der Waals surface area contributed by atoms with Gasteiger partial charge in [-0.2, -0.15) is 28.4 Å². The Labute approximate surface area is 181 Å². The lowest BCUT2D eigenvalue weighted by molar-refractivity contribution is -0.141. The zero-order valence-corrected chi connectivity index (χ0v) is 16.6. The van der Waals surface area contributed by atoms with Crippen LogP contribution >= 0.6 is 0 Å². The number of aromatic nitrogens is 9. The van der Waals surface area contributed by atoms with Gasteiger partial charge in [0.2, 0.25) is 11.7 Å². The molecular formula is C19H13F3N10O. The van der Waals surface area contributed by atoms with E-state index < -0.39 is 11.9 Å². The van der Waals surface area contributed by atoms with Crippen molar-refractivity contribution in [3.63, 3.8) is 0 Å². The van der Waals surface area contributed by atoms with Crippen molar-refractivity contribution in [1.29, 1.82) is 0 Å². The Morgan fingerprint density at radius 3 is 2.88 bits per heavy atom. The number of nitrogens with one attached hydrogen (secondary N) is 2. The van der Waals surface area contributed by atoms with E-state index in [1.807, 2.05) is 0 Å². The number of hydrogen-bond donors (Lipinski definition) is 2. The van der Waals surface area contributed by atoms with E-state index in [0.717, 1.165) is 0 Å². The molecule has 0 aliphatic carbocycles. The molecule has 1 aliphatic heterocycles. The van der Waals surface area contributed by atoms with Gasteiger partial charge in [-0.3, -0.25) is 19.0 Å². The molecule has 0 spiro atoms. The van der Waals surface area contributed by atoms with Crippen LogP contribution in [0.15, 0.2) is 30.9 Å². The van der Waals surface area contributed by atoms with Crippen molar-refractivity contribution in [2.45, 2.75) is 25.6 Å². The highest BCUT2D eigenvalue weighted by molar-refractivity contribution is 5.95. The first-order valence-electron chi connectivity index (χ1n) is 9.88. The van der Waals surface area contributed by atoms with Crippen molar-refractivity contribution in [2.24, 2.45) is 0 Å². The molecule has 6 heterocycles. The van der Waals surface area contributed by atoms with E-state index in [4.69, 9.17) is 0 Å². The van der Waals surface area contributed by atoms with Gasteiger partial charge in [-0.1, -0.05) is 0 Å². The molecule has 0 radical (unpaired) electrons. The van der Waals surface area contributed by atoms with E-state index in [1.54, 1.807) is 22.9 Å². The van der Waals surface area contributed by atoms with Gasteiger partial charge < -0.3 is 5.32 Å². The number of carbonyl (C=O) groups is 1. The molecule has 2 N–H and O–H groups in total. The van der Waals surface area contributed by atoms with Crippen LogP contribution in [0, 0.1) is 0 Å². The largest absolute Gasteiger partial charge is 0.435 e. The molecule has 33 heavy (non-hydrogen) atoms. The quantitative estimate of drug-likeness (QED) is 0.368. The average Bonchev–Trinajstić information content (AvgIpc) is 3.46. The van der Waals surface area contributed by atoms with Crippen LogP contribution in [0.2, 0.25) is 0 Å². The van der Waals surface area contributed by atoms with E-state index in [9.17, 15) is 18.0 Å². The van der Waals surface area contributed by atoms with Crippen LogP contribution < -0.4 is 5.32 Å². The number of nitrogens with zero attached hydrogens (tertiary/aromatic N) is 8. The minimum atomic E-state index is -4.70. The Hall–Kier alpha value is -4.36. The summed E-state index contributed by atoms with van der Waals surface area (Å²) in [7, 11) is 0. The van der Waals surface area contributed by atoms with Crippen LogP contribution in [0.25, 0.3) is 39.6 Å². The number of alkyl halides is 3. The second-order valence-corrected chi connectivity index (χ2v) is 7.43. The Kier molecular flexibility index (Phi) is 3.99. The molecule has 0 fully saturated rings. The van der Waals surface area contributed by atoms with Crippen LogP contribution in [0.3, 0.4) is 0 Å². The Morgan fingerprint density at radius 1 is 1.15 bits per heavy atom. The highest BCUT2D eigenvalue weighted by Crippen LogP contribution is 2.38. The lowest BCUT2D eigenvalue weighted by Gasteiger charge is -2.07. The topological polar surface area (TPSA) is 132 Å². The summed E-state index contributed by atoms with van der Waals surface area (Å²) >= 11 is 0. The van der Waals surface area contributed by atoms with E-state index in [0.29, 0.717) is 11.5 Å². The summed E-state index contributed by atoms with van der Waals surface area (Å²) in [6.07, 6.45) is 1.56. The number of imidazole rings is 1. The van der Waals surface area contributed by atoms with E-state index >= 15 is 0 Å². The zero-order chi connectivity index (χ0) is 22.7. The van der Waals surface area contributed by atoms with Gasteiger partial charge in [0.05, 0.1) is 17.5 Å². The van der Waals surface area contributed by atoms with Crippen LogP contribution in [-0.4, -0.2) is 50.2 Å². The molecule has 1 amide bonds. The van der Waals surface area contributed by atoms with Gasteiger partial charge in [0.1, 0.15) is 16.9 Å². The van der Waals surface area contributed by atoms with Crippen molar-refractivity contribution in [3.8, 4) is 22.6 Å². The zero-order valence-electron chi connectivity index (χ0n) is 16.6. The number of aryl methyl sites for hydroxylation is 1. The van der Waals surface area contributed by atoms with Crippen molar-refractivity contribution in [2.75, 3.05) is 5.32 Å². The number of H-pyrrole nitrogens is 1. The molecule has 1 aliphatic rings. The normalized spacial score (nSPS) is 14.5. The third-order valence-electron chi connectivity index (χ3n) is 5.26. The van der Waals surface area contributed by atoms with Gasteiger partial charge in [0.15, 0.2) is 17.2 Å². The summed E-state index contributed by atoms with van der Waals surface area (Å²) in [5.41, 5.74) is -0.273. The predicted octanol–water partition coefficient (Wildman–Crippen LogP) is 2.68. The summed E-state index contributed by atoms with van der Waals surface area (Å²) in [6, 6.07) is 1.68. The first-order chi connectivity index (χ1) is 15.9. The Bertz CT molecular complexity index is 1550. The number of hydrogen-bond acceptors (Lipinski definition) is 7. The fourth-order valence-electron chi connectivity index (χ4n) is 3.84. The maximum absolute atomic E-state index is 13.8. The molecule has 0 atom stereocenters. The molecule has 4 bridgehead atoms. The van der Waals surface area contributed by atoms with Gasteiger partial charge in [-0.05, 0) is 12.5 Å². The number of anilines is 1. The van der Waals surface area contributed by atoms with E-state index in [1.165, 1.54) is 17.1 Å². The summed E-state index contributed by atoms with van der Waals surface area (Å²) in [5, 5.41) is 13.1. The summed E-state index contributed by atoms with van der Waals surface area (Å²) in [5.74, 6) is 0.197. The summed E-state index contributed by atoms with van der Waals surface area (Å²) < 4.78 is 44.1. The number of carbonyl (C=O) groups excluding carboxylic acids is 1. The van der Waals surface area contributed by atoms with E-state index in [-0.39, 0.29) is 59.2 Å². The number of aromatic amines is 1. The van der Waals surface area contributed by atoms with Gasteiger partial charge in [0.25, 0.3) is 0 Å². The fourth-order valence-corrected chi connectivity index (χ4v) is 3.84. The maximum Gasteiger partial charge on any atom is 0.435 e. The van der Waals surface area contributed by atoms with Crippen molar-refractivity contribution in [1.82, 2.24) is 44.3 Å². The van der Waals surface area contributed by atoms with Gasteiger partial charge >= 0.3 is 6.18 Å². The number of amides is 1. The van der Waals surface area contributed by atoms with E-state index in [2.05, 4.69) is 40.5 Å². The minimum absolute atomic E-state index is 0.0486. The highest BCUT2D eigenvalue weighted by atomic mass is 19.4. The maximum atomic E-state index is 13.8. The average molecular weight is 454 g/mol. The SMILES string of the molecule is O=C1CCCn2cc(c(C(F)(F)F)n2)-c2[nH]nc3ncc(nc23)-c2c(nc3ncccn23)N1. The van der Waals surface area contributed by atoms with Crippen molar-refractivity contribution < 1.29 is 18.0 Å². The smallest absolute Gasteiger partial charge is 0.309 e. The molecule has 166 valence electrons.